The first kappa shape index (κ1) is 13.0. The molecule has 0 aliphatic heterocycles. The van der Waals surface area contributed by atoms with Crippen LogP contribution in [0.15, 0.2) is 35.4 Å². The van der Waals surface area contributed by atoms with Gasteiger partial charge in [0.05, 0.1) is 18.1 Å². The number of rotatable bonds is 4. The van der Waals surface area contributed by atoms with Crippen molar-refractivity contribution in [1.82, 2.24) is 4.98 Å². The second-order valence-corrected chi connectivity index (χ2v) is 5.77. The topological polar surface area (TPSA) is 42.1 Å². The number of aromatic nitrogens is 1. The minimum atomic E-state index is -0.161. The van der Waals surface area contributed by atoms with Crippen LogP contribution in [0.25, 0.3) is 10.9 Å². The van der Waals surface area contributed by atoms with Crippen LogP contribution in [-0.2, 0) is 9.53 Å². The van der Waals surface area contributed by atoms with E-state index in [0.29, 0.717) is 0 Å². The van der Waals surface area contributed by atoms with Gasteiger partial charge < -0.3 is 9.72 Å². The molecule has 0 saturated heterocycles. The minimum absolute atomic E-state index is 0.119. The summed E-state index contributed by atoms with van der Waals surface area (Å²) in [6.45, 7) is 3.93. The van der Waals surface area contributed by atoms with Gasteiger partial charge in [-0.3, -0.25) is 4.79 Å². The number of thioether (sulfide) groups is 1. The van der Waals surface area contributed by atoms with Gasteiger partial charge in [-0.1, -0.05) is 32.0 Å². The maximum atomic E-state index is 11.5. The number of para-hydroxylation sites is 1. The van der Waals surface area contributed by atoms with Crippen LogP contribution in [0, 0.1) is 5.92 Å². The van der Waals surface area contributed by atoms with Gasteiger partial charge in [0.25, 0.3) is 0 Å². The van der Waals surface area contributed by atoms with Crippen molar-refractivity contribution in [2.24, 2.45) is 5.92 Å². The second kappa shape index (κ2) is 5.48. The van der Waals surface area contributed by atoms with Crippen molar-refractivity contribution in [3.63, 3.8) is 0 Å². The van der Waals surface area contributed by atoms with Crippen molar-refractivity contribution >= 4 is 28.6 Å². The van der Waals surface area contributed by atoms with E-state index < -0.39 is 0 Å². The Balaban J connectivity index is 2.11. The highest BCUT2D eigenvalue weighted by atomic mass is 32.2. The summed E-state index contributed by atoms with van der Waals surface area (Å²) in [7, 11) is 1.43. The Morgan fingerprint density at radius 1 is 1.33 bits per heavy atom. The predicted molar refractivity (Wildman–Crippen MR) is 74.8 cm³/mol. The molecule has 0 fully saturated rings. The molecule has 1 aromatic heterocycles. The van der Waals surface area contributed by atoms with Gasteiger partial charge in [0.15, 0.2) is 0 Å². The van der Waals surface area contributed by atoms with Gasteiger partial charge in [-0.2, -0.15) is 0 Å². The summed E-state index contributed by atoms with van der Waals surface area (Å²) in [5.74, 6) is -0.280. The molecule has 2 atom stereocenters. The molecule has 1 N–H and O–H groups in total. The number of carbonyl (C=O) groups is 1. The number of ether oxygens (including phenoxy) is 1. The lowest BCUT2D eigenvalue weighted by atomic mass is 10.1. The van der Waals surface area contributed by atoms with Crippen LogP contribution in [0.2, 0.25) is 0 Å². The fourth-order valence-electron chi connectivity index (χ4n) is 1.79. The van der Waals surface area contributed by atoms with Gasteiger partial charge in [0.1, 0.15) is 0 Å². The molecule has 0 aliphatic rings. The summed E-state index contributed by atoms with van der Waals surface area (Å²) < 4.78 is 4.77. The molecule has 0 radical (unpaired) electrons. The maximum Gasteiger partial charge on any atom is 0.309 e. The van der Waals surface area contributed by atoms with Crippen LogP contribution < -0.4 is 0 Å². The zero-order valence-corrected chi connectivity index (χ0v) is 11.6. The molecule has 0 spiro atoms. The lowest BCUT2D eigenvalue weighted by Gasteiger charge is -2.16. The fourth-order valence-corrected chi connectivity index (χ4v) is 2.87. The maximum absolute atomic E-state index is 11.5. The Morgan fingerprint density at radius 2 is 2.06 bits per heavy atom. The standard InChI is InChI=1S/C14H17NO2S/c1-9(14(16)17-3)10(2)18-13-8-11-6-4-5-7-12(11)15-13/h4-10,15H,1-3H3. The largest absolute Gasteiger partial charge is 0.469 e. The number of benzene rings is 1. The average molecular weight is 263 g/mol. The van der Waals surface area contributed by atoms with Crippen molar-refractivity contribution < 1.29 is 9.53 Å². The Kier molecular flexibility index (Phi) is 3.97. The third-order valence-electron chi connectivity index (χ3n) is 3.10. The summed E-state index contributed by atoms with van der Waals surface area (Å²) in [4.78, 5) is 14.8. The number of fused-ring (bicyclic) bond motifs is 1. The lowest BCUT2D eigenvalue weighted by Crippen LogP contribution is -2.21. The highest BCUT2D eigenvalue weighted by molar-refractivity contribution is 7.99. The Morgan fingerprint density at radius 3 is 2.72 bits per heavy atom. The van der Waals surface area contributed by atoms with Gasteiger partial charge in [-0.05, 0) is 12.1 Å². The summed E-state index contributed by atoms with van der Waals surface area (Å²) in [5, 5.41) is 2.45. The molecule has 1 aromatic carbocycles. The fraction of sp³-hybridized carbons (Fsp3) is 0.357. The monoisotopic (exact) mass is 263 g/mol. The molecule has 0 amide bonds. The number of hydrogen-bond donors (Lipinski definition) is 1. The molecule has 2 aromatic rings. The van der Waals surface area contributed by atoms with Crippen LogP contribution >= 0.6 is 11.8 Å². The summed E-state index contributed by atoms with van der Waals surface area (Å²) >= 11 is 1.66. The molecule has 0 saturated carbocycles. The highest BCUT2D eigenvalue weighted by Gasteiger charge is 2.22. The predicted octanol–water partition coefficient (Wildman–Crippen LogP) is 3.46. The molecule has 2 rings (SSSR count). The van der Waals surface area contributed by atoms with Crippen LogP contribution in [0.1, 0.15) is 13.8 Å². The van der Waals surface area contributed by atoms with Crippen molar-refractivity contribution in [3.8, 4) is 0 Å². The van der Waals surface area contributed by atoms with Gasteiger partial charge in [0.2, 0.25) is 0 Å². The number of esters is 1. The van der Waals surface area contributed by atoms with Crippen molar-refractivity contribution in [3.05, 3.63) is 30.3 Å². The summed E-state index contributed by atoms with van der Waals surface area (Å²) in [5.41, 5.74) is 1.12. The number of H-pyrrole nitrogens is 1. The van der Waals surface area contributed by atoms with Crippen LogP contribution in [0.3, 0.4) is 0 Å². The molecule has 18 heavy (non-hydrogen) atoms. The Labute approximate surface area is 111 Å². The molecule has 96 valence electrons. The average Bonchev–Trinajstić information content (AvgIpc) is 2.78. The molecular formula is C14H17NO2S. The van der Waals surface area contributed by atoms with E-state index in [4.69, 9.17) is 4.74 Å². The van der Waals surface area contributed by atoms with Crippen LogP contribution in [-0.4, -0.2) is 23.3 Å². The third kappa shape index (κ3) is 2.70. The van der Waals surface area contributed by atoms with E-state index >= 15 is 0 Å². The first-order valence-electron chi connectivity index (χ1n) is 5.94. The van der Waals surface area contributed by atoms with Gasteiger partial charge >= 0.3 is 5.97 Å². The van der Waals surface area contributed by atoms with Crippen LogP contribution in [0.4, 0.5) is 0 Å². The first-order valence-corrected chi connectivity index (χ1v) is 6.82. The normalized spacial score (nSPS) is 14.4. The molecule has 0 bridgehead atoms. The molecule has 0 aliphatic carbocycles. The van der Waals surface area contributed by atoms with Gasteiger partial charge in [-0.15, -0.1) is 11.8 Å². The minimum Gasteiger partial charge on any atom is -0.469 e. The zero-order chi connectivity index (χ0) is 13.1. The van der Waals surface area contributed by atoms with E-state index in [1.165, 1.54) is 12.5 Å². The van der Waals surface area contributed by atoms with E-state index in [-0.39, 0.29) is 17.1 Å². The van der Waals surface area contributed by atoms with E-state index in [0.717, 1.165) is 10.5 Å². The van der Waals surface area contributed by atoms with E-state index in [1.807, 2.05) is 32.0 Å². The lowest BCUT2D eigenvalue weighted by molar-refractivity contribution is -0.144. The first-order chi connectivity index (χ1) is 8.61. The van der Waals surface area contributed by atoms with Crippen molar-refractivity contribution in [2.75, 3.05) is 7.11 Å². The van der Waals surface area contributed by atoms with Crippen molar-refractivity contribution in [2.45, 2.75) is 24.1 Å². The number of aromatic amines is 1. The molecular weight excluding hydrogens is 246 g/mol. The molecule has 4 heteroatoms. The number of methoxy groups -OCH3 is 1. The molecule has 1 heterocycles. The third-order valence-corrected chi connectivity index (χ3v) is 4.35. The second-order valence-electron chi connectivity index (χ2n) is 4.36. The Hall–Kier alpha value is -1.42. The number of nitrogens with one attached hydrogen (secondary N) is 1. The van der Waals surface area contributed by atoms with Gasteiger partial charge in [0, 0.05) is 16.2 Å². The van der Waals surface area contributed by atoms with E-state index in [9.17, 15) is 4.79 Å². The Bertz CT molecular complexity index is 516. The highest BCUT2D eigenvalue weighted by Crippen LogP contribution is 2.30. The molecule has 2 unspecified atom stereocenters. The van der Waals surface area contributed by atoms with E-state index in [2.05, 4.69) is 17.1 Å². The zero-order valence-electron chi connectivity index (χ0n) is 10.8. The SMILES string of the molecule is COC(=O)C(C)C(C)Sc1cc2ccccc2[nH]1. The number of carbonyl (C=O) groups excluding carboxylic acids is 1. The van der Waals surface area contributed by atoms with Crippen molar-refractivity contribution in [1.29, 1.82) is 0 Å². The molecule has 3 nitrogen and oxygen atoms in total. The smallest absolute Gasteiger partial charge is 0.309 e. The summed E-state index contributed by atoms with van der Waals surface area (Å²) in [6, 6.07) is 10.3. The van der Waals surface area contributed by atoms with E-state index in [1.54, 1.807) is 11.8 Å². The van der Waals surface area contributed by atoms with Gasteiger partial charge in [-0.25, -0.2) is 0 Å². The number of hydrogen-bond acceptors (Lipinski definition) is 3. The van der Waals surface area contributed by atoms with Crippen LogP contribution in [0.5, 0.6) is 0 Å². The summed E-state index contributed by atoms with van der Waals surface area (Å²) in [6.07, 6.45) is 0. The quantitative estimate of drug-likeness (QED) is 0.678.